The summed E-state index contributed by atoms with van der Waals surface area (Å²) in [5.41, 5.74) is -0.00324. The third kappa shape index (κ3) is 5.16. The van der Waals surface area contributed by atoms with Gasteiger partial charge >= 0.3 is 5.97 Å². The molecule has 0 unspecified atom stereocenters. The Kier molecular flexibility index (Phi) is 7.53. The molecule has 0 aliphatic heterocycles. The van der Waals surface area contributed by atoms with Gasteiger partial charge in [-0.2, -0.15) is 0 Å². The molecule has 104 valence electrons. The van der Waals surface area contributed by atoms with Crippen molar-refractivity contribution < 1.29 is 24.5 Å². The van der Waals surface area contributed by atoms with Gasteiger partial charge in [0, 0.05) is 0 Å². The Balaban J connectivity index is 0.000000555. The van der Waals surface area contributed by atoms with E-state index in [1.807, 2.05) is 19.1 Å². The maximum absolute atomic E-state index is 10.7. The standard InChI is InChI=1S/C9H10O5.C5H8/c1-13-6-3-5(9(11)12)4-7(14-2)8(6)10;1-3-5-4-2/h3-4,10H,1-2H3,(H,11,12);3-5H,1H2,2H3/b;5-4-. The molecular formula is C14H18O5. The highest BCUT2D eigenvalue weighted by Crippen LogP contribution is 2.36. The summed E-state index contributed by atoms with van der Waals surface area (Å²) in [6.45, 7) is 5.42. The molecule has 1 rings (SSSR count). The van der Waals surface area contributed by atoms with Crippen LogP contribution in [0.1, 0.15) is 17.3 Å². The predicted molar refractivity (Wildman–Crippen MR) is 73.2 cm³/mol. The lowest BCUT2D eigenvalue weighted by Crippen LogP contribution is -1.98. The maximum Gasteiger partial charge on any atom is 0.335 e. The number of methoxy groups -OCH3 is 2. The first kappa shape index (κ1) is 16.6. The Bertz CT molecular complexity index is 438. The first-order chi connectivity index (χ1) is 9.01. The minimum atomic E-state index is -1.11. The van der Waals surface area contributed by atoms with Crippen LogP contribution in [0.5, 0.6) is 17.2 Å². The minimum Gasteiger partial charge on any atom is -0.502 e. The highest BCUT2D eigenvalue weighted by atomic mass is 16.5. The van der Waals surface area contributed by atoms with Crippen molar-refractivity contribution in [3.8, 4) is 17.2 Å². The molecule has 0 saturated heterocycles. The van der Waals surface area contributed by atoms with E-state index in [4.69, 9.17) is 14.6 Å². The predicted octanol–water partition coefficient (Wildman–Crippen LogP) is 2.86. The molecule has 0 heterocycles. The Labute approximate surface area is 112 Å². The number of benzene rings is 1. The lowest BCUT2D eigenvalue weighted by molar-refractivity contribution is 0.0696. The number of allylic oxidation sites excluding steroid dienone is 3. The Morgan fingerprint density at radius 3 is 1.95 bits per heavy atom. The van der Waals surface area contributed by atoms with Crippen LogP contribution in [-0.2, 0) is 0 Å². The number of phenolic OH excluding ortho intramolecular Hbond substituents is 1. The average Bonchev–Trinajstić information content (AvgIpc) is 2.40. The van der Waals surface area contributed by atoms with Gasteiger partial charge in [-0.3, -0.25) is 0 Å². The third-order valence-corrected chi connectivity index (χ3v) is 2.06. The van der Waals surface area contributed by atoms with Crippen LogP contribution in [0.15, 0.2) is 36.9 Å². The molecule has 0 radical (unpaired) electrons. The van der Waals surface area contributed by atoms with Crippen LogP contribution in [0.25, 0.3) is 0 Å². The van der Waals surface area contributed by atoms with Gasteiger partial charge in [0.05, 0.1) is 19.8 Å². The molecular weight excluding hydrogens is 248 g/mol. The van der Waals surface area contributed by atoms with Crippen LogP contribution in [-0.4, -0.2) is 30.4 Å². The van der Waals surface area contributed by atoms with E-state index in [1.54, 1.807) is 6.08 Å². The fourth-order valence-corrected chi connectivity index (χ4v) is 1.15. The van der Waals surface area contributed by atoms with Gasteiger partial charge in [-0.15, -0.1) is 0 Å². The molecule has 1 aromatic rings. The number of hydrogen-bond acceptors (Lipinski definition) is 4. The fourth-order valence-electron chi connectivity index (χ4n) is 1.15. The molecule has 5 nitrogen and oxygen atoms in total. The molecule has 0 fully saturated rings. The molecule has 0 amide bonds. The summed E-state index contributed by atoms with van der Waals surface area (Å²) in [4.78, 5) is 10.7. The zero-order valence-corrected chi connectivity index (χ0v) is 11.2. The molecule has 0 saturated carbocycles. The number of hydrogen-bond donors (Lipinski definition) is 2. The van der Waals surface area contributed by atoms with Gasteiger partial charge in [-0.05, 0) is 19.1 Å². The van der Waals surface area contributed by atoms with Crippen LogP contribution < -0.4 is 9.47 Å². The number of aromatic hydroxyl groups is 1. The first-order valence-corrected chi connectivity index (χ1v) is 5.43. The van der Waals surface area contributed by atoms with Crippen molar-refractivity contribution in [2.45, 2.75) is 6.92 Å². The van der Waals surface area contributed by atoms with Gasteiger partial charge < -0.3 is 19.7 Å². The van der Waals surface area contributed by atoms with Crippen LogP contribution in [0.3, 0.4) is 0 Å². The van der Waals surface area contributed by atoms with Crippen LogP contribution in [0, 0.1) is 0 Å². The van der Waals surface area contributed by atoms with E-state index in [-0.39, 0.29) is 22.8 Å². The summed E-state index contributed by atoms with van der Waals surface area (Å²) in [7, 11) is 2.67. The maximum atomic E-state index is 10.7. The topological polar surface area (TPSA) is 76.0 Å². The average molecular weight is 266 g/mol. The van der Waals surface area contributed by atoms with E-state index in [2.05, 4.69) is 6.58 Å². The first-order valence-electron chi connectivity index (χ1n) is 5.43. The van der Waals surface area contributed by atoms with Crippen molar-refractivity contribution in [3.05, 3.63) is 42.5 Å². The minimum absolute atomic E-state index is 0.00324. The van der Waals surface area contributed by atoms with Crippen molar-refractivity contribution in [1.29, 1.82) is 0 Å². The number of ether oxygens (including phenoxy) is 2. The molecule has 0 atom stereocenters. The lowest BCUT2D eigenvalue weighted by Gasteiger charge is -2.08. The molecule has 1 aromatic carbocycles. The number of aromatic carboxylic acids is 1. The van der Waals surface area contributed by atoms with Crippen LogP contribution in [0.4, 0.5) is 0 Å². The summed E-state index contributed by atoms with van der Waals surface area (Å²) in [6, 6.07) is 2.44. The van der Waals surface area contributed by atoms with E-state index in [0.29, 0.717) is 0 Å². The number of carbonyl (C=O) groups is 1. The van der Waals surface area contributed by atoms with E-state index < -0.39 is 5.97 Å². The zero-order chi connectivity index (χ0) is 14.8. The highest BCUT2D eigenvalue weighted by molar-refractivity contribution is 5.89. The SMILES string of the molecule is C=C/C=C\C.COc1cc(C(=O)O)cc(OC)c1O. The molecule has 0 aliphatic carbocycles. The number of carboxylic acid groups (broad SMARTS) is 1. The molecule has 5 heteroatoms. The molecule has 0 bridgehead atoms. The number of rotatable bonds is 4. The lowest BCUT2D eigenvalue weighted by atomic mass is 10.2. The summed E-state index contributed by atoms with van der Waals surface area (Å²) < 4.78 is 9.57. The Hall–Kier alpha value is -2.43. The van der Waals surface area contributed by atoms with Crippen molar-refractivity contribution in [2.24, 2.45) is 0 Å². The smallest absolute Gasteiger partial charge is 0.335 e. The van der Waals surface area contributed by atoms with Crippen molar-refractivity contribution in [1.82, 2.24) is 0 Å². The molecule has 2 N–H and O–H groups in total. The Morgan fingerprint density at radius 2 is 1.74 bits per heavy atom. The summed E-state index contributed by atoms with van der Waals surface area (Å²) in [5.74, 6) is -1.18. The van der Waals surface area contributed by atoms with Gasteiger partial charge in [0.2, 0.25) is 5.75 Å². The molecule has 0 spiro atoms. The molecule has 0 aliphatic rings. The zero-order valence-electron chi connectivity index (χ0n) is 11.2. The summed E-state index contributed by atoms with van der Waals surface area (Å²) in [6.07, 6.45) is 5.58. The number of phenols is 1. The van der Waals surface area contributed by atoms with Crippen LogP contribution in [0.2, 0.25) is 0 Å². The van der Waals surface area contributed by atoms with Crippen LogP contribution >= 0.6 is 0 Å². The van der Waals surface area contributed by atoms with Crippen molar-refractivity contribution in [3.63, 3.8) is 0 Å². The largest absolute Gasteiger partial charge is 0.502 e. The molecule has 19 heavy (non-hydrogen) atoms. The van der Waals surface area contributed by atoms with E-state index in [1.165, 1.54) is 26.4 Å². The Morgan fingerprint density at radius 1 is 1.26 bits per heavy atom. The second-order valence-corrected chi connectivity index (χ2v) is 3.30. The number of carboxylic acids is 1. The van der Waals surface area contributed by atoms with Gasteiger partial charge in [-0.25, -0.2) is 4.79 Å². The molecule has 0 aromatic heterocycles. The second-order valence-electron chi connectivity index (χ2n) is 3.30. The summed E-state index contributed by atoms with van der Waals surface area (Å²) in [5, 5.41) is 18.2. The van der Waals surface area contributed by atoms with Gasteiger partial charge in [0.25, 0.3) is 0 Å². The fraction of sp³-hybridized carbons (Fsp3) is 0.214. The third-order valence-electron chi connectivity index (χ3n) is 2.06. The van der Waals surface area contributed by atoms with Gasteiger partial charge in [0.15, 0.2) is 11.5 Å². The van der Waals surface area contributed by atoms with Gasteiger partial charge in [0.1, 0.15) is 0 Å². The van der Waals surface area contributed by atoms with Crippen molar-refractivity contribution >= 4 is 5.97 Å². The van der Waals surface area contributed by atoms with E-state index in [9.17, 15) is 9.90 Å². The van der Waals surface area contributed by atoms with Crippen molar-refractivity contribution in [2.75, 3.05) is 14.2 Å². The monoisotopic (exact) mass is 266 g/mol. The van der Waals surface area contributed by atoms with Gasteiger partial charge in [-0.1, -0.05) is 24.8 Å². The van der Waals surface area contributed by atoms with E-state index in [0.717, 1.165) is 0 Å². The second kappa shape index (κ2) is 8.63. The van der Waals surface area contributed by atoms with E-state index >= 15 is 0 Å². The normalized spacial score (nSPS) is 9.42. The highest BCUT2D eigenvalue weighted by Gasteiger charge is 2.14. The quantitative estimate of drug-likeness (QED) is 0.819. The summed E-state index contributed by atoms with van der Waals surface area (Å²) >= 11 is 0.